The van der Waals surface area contributed by atoms with Gasteiger partial charge < -0.3 is 9.47 Å². The van der Waals surface area contributed by atoms with E-state index in [0.717, 1.165) is 17.9 Å². The molecule has 1 heterocycles. The first-order chi connectivity index (χ1) is 8.40. The molecular weight excluding hydrogens is 329 g/mol. The molecule has 1 aromatic rings. The van der Waals surface area contributed by atoms with E-state index >= 15 is 0 Å². The van der Waals surface area contributed by atoms with Gasteiger partial charge in [-0.3, -0.25) is 0 Å². The van der Waals surface area contributed by atoms with Crippen LogP contribution in [-0.2, 0) is 15.9 Å². The van der Waals surface area contributed by atoms with Crippen LogP contribution in [0.1, 0.15) is 5.56 Å². The second kappa shape index (κ2) is 6.66. The first-order valence-corrected chi connectivity index (χ1v) is 7.50. The molecule has 0 saturated carbocycles. The third-order valence-corrected chi connectivity index (χ3v) is 3.79. The van der Waals surface area contributed by atoms with Crippen molar-refractivity contribution < 1.29 is 9.47 Å². The summed E-state index contributed by atoms with van der Waals surface area (Å²) in [6.45, 7) is 0.270. The minimum atomic E-state index is -0.201. The minimum absolute atomic E-state index is 0.201. The van der Waals surface area contributed by atoms with Crippen LogP contribution in [-0.4, -0.2) is 23.6 Å². The van der Waals surface area contributed by atoms with E-state index in [1.165, 1.54) is 5.56 Å². The molecule has 0 aromatic heterocycles. The summed E-state index contributed by atoms with van der Waals surface area (Å²) in [5.41, 5.74) is 2.28. The zero-order chi connectivity index (χ0) is 11.9. The summed E-state index contributed by atoms with van der Waals surface area (Å²) in [6, 6.07) is 10.3. The Balaban J connectivity index is 2.07. The molecule has 0 N–H and O–H groups in total. The predicted octanol–water partition coefficient (Wildman–Crippen LogP) is 2.88. The number of rotatable bonds is 5. The van der Waals surface area contributed by atoms with Gasteiger partial charge in [-0.15, -0.1) is 0 Å². The minimum Gasteiger partial charge on any atom is -0.466 e. The molecule has 0 saturated heterocycles. The lowest BCUT2D eigenvalue weighted by Gasteiger charge is -2.13. The van der Waals surface area contributed by atoms with Gasteiger partial charge in [0.25, 0.3) is 0 Å². The monoisotopic (exact) mass is 343 g/mol. The van der Waals surface area contributed by atoms with E-state index in [4.69, 9.17) is 9.47 Å². The van der Waals surface area contributed by atoms with E-state index in [-0.39, 0.29) is 27.8 Å². The highest BCUT2D eigenvalue weighted by Gasteiger charge is 2.11. The van der Waals surface area contributed by atoms with Crippen LogP contribution >= 0.6 is 21.0 Å². The van der Waals surface area contributed by atoms with Crippen molar-refractivity contribution in [3.63, 3.8) is 0 Å². The van der Waals surface area contributed by atoms with E-state index in [2.05, 4.69) is 19.4 Å². The van der Waals surface area contributed by atoms with Crippen LogP contribution in [0.4, 0.5) is 0 Å². The van der Waals surface area contributed by atoms with E-state index in [0.29, 0.717) is 0 Å². The Morgan fingerprint density at radius 2 is 2.06 bits per heavy atom. The maximum atomic E-state index is 5.51. The third kappa shape index (κ3) is 3.74. The van der Waals surface area contributed by atoms with Crippen LogP contribution in [0, 0.1) is 0 Å². The zero-order valence-electron chi connectivity index (χ0n) is 9.60. The molecule has 3 nitrogen and oxygen atoms in total. The van der Waals surface area contributed by atoms with E-state index in [9.17, 15) is 0 Å². The second-order valence-electron chi connectivity index (χ2n) is 3.50. The molecule has 0 atom stereocenters. The standard InChI is InChI=1S/C13H14INO2/c1-16-10-17-13-7-8-14-15-12(13)9-11-5-3-2-4-6-11/h2-8H,9-10H2,1H3. The molecule has 0 bridgehead atoms. The van der Waals surface area contributed by atoms with Crippen molar-refractivity contribution in [3.05, 3.63) is 47.7 Å². The van der Waals surface area contributed by atoms with Gasteiger partial charge in [-0.25, -0.2) is 3.21 Å². The highest BCUT2D eigenvalue weighted by Crippen LogP contribution is 2.16. The fourth-order valence-corrected chi connectivity index (χ4v) is 2.86. The number of nitrogens with zero attached hydrogens (tertiary/aromatic N) is 1. The SMILES string of the molecule is COCOC1=CC=IN=C1Cc1ccccc1. The van der Waals surface area contributed by atoms with Crippen molar-refractivity contribution in [2.24, 2.45) is 3.21 Å². The number of hydrogen-bond donors (Lipinski definition) is 0. The van der Waals surface area contributed by atoms with Gasteiger partial charge in [0, 0.05) is 34.5 Å². The van der Waals surface area contributed by atoms with Crippen molar-refractivity contribution in [3.8, 4) is 0 Å². The van der Waals surface area contributed by atoms with Gasteiger partial charge in [0.15, 0.2) is 6.79 Å². The average Bonchev–Trinajstić information content (AvgIpc) is 2.39. The molecule has 1 aliphatic heterocycles. The Morgan fingerprint density at radius 1 is 1.24 bits per heavy atom. The smallest absolute Gasteiger partial charge is 0.188 e. The van der Waals surface area contributed by atoms with Crippen LogP contribution < -0.4 is 0 Å². The molecule has 0 fully saturated rings. The number of methoxy groups -OCH3 is 1. The number of hydrogen-bond acceptors (Lipinski definition) is 3. The molecule has 0 spiro atoms. The summed E-state index contributed by atoms with van der Waals surface area (Å²) in [5, 5.41) is 0. The lowest BCUT2D eigenvalue weighted by molar-refractivity contribution is 0.0126. The van der Waals surface area contributed by atoms with E-state index < -0.39 is 0 Å². The zero-order valence-corrected chi connectivity index (χ0v) is 11.8. The molecule has 90 valence electrons. The molecule has 0 aliphatic carbocycles. The number of ether oxygens (including phenoxy) is 2. The molecule has 0 amide bonds. The van der Waals surface area contributed by atoms with Crippen LogP contribution in [0.3, 0.4) is 0 Å². The molecule has 1 aliphatic rings. The lowest BCUT2D eigenvalue weighted by Crippen LogP contribution is -2.12. The first-order valence-electron chi connectivity index (χ1n) is 5.29. The molecule has 0 unspecified atom stereocenters. The summed E-state index contributed by atoms with van der Waals surface area (Å²) in [7, 11) is 1.62. The normalized spacial score (nSPS) is 14.6. The average molecular weight is 343 g/mol. The Kier molecular flexibility index (Phi) is 4.88. The Labute approximate surface area is 111 Å². The van der Waals surface area contributed by atoms with Gasteiger partial charge in [-0.2, -0.15) is 0 Å². The summed E-state index contributed by atoms with van der Waals surface area (Å²) in [5.74, 6) is 0.835. The fraction of sp³-hybridized carbons (Fsp3) is 0.231. The van der Waals surface area contributed by atoms with Gasteiger partial charge in [0.05, 0.1) is 5.71 Å². The predicted molar refractivity (Wildman–Crippen MR) is 78.7 cm³/mol. The molecule has 4 heteroatoms. The van der Waals surface area contributed by atoms with Crippen molar-refractivity contribution in [2.75, 3.05) is 13.9 Å². The van der Waals surface area contributed by atoms with Gasteiger partial charge in [-0.1, -0.05) is 30.3 Å². The molecule has 2 rings (SSSR count). The second-order valence-corrected chi connectivity index (χ2v) is 5.26. The van der Waals surface area contributed by atoms with Crippen LogP contribution in [0.15, 0.2) is 45.4 Å². The van der Waals surface area contributed by atoms with Gasteiger partial charge >= 0.3 is 0 Å². The number of allylic oxidation sites excluding steroid dienone is 2. The summed E-state index contributed by atoms with van der Waals surface area (Å²) in [6.07, 6.45) is 2.83. The maximum Gasteiger partial charge on any atom is 0.188 e. The summed E-state index contributed by atoms with van der Waals surface area (Å²) < 4.78 is 17.1. The van der Waals surface area contributed by atoms with Crippen LogP contribution in [0.25, 0.3) is 0 Å². The molecule has 1 aromatic carbocycles. The van der Waals surface area contributed by atoms with Crippen molar-refractivity contribution in [1.82, 2.24) is 0 Å². The molecular formula is C13H14INO2. The van der Waals surface area contributed by atoms with Gasteiger partial charge in [0.2, 0.25) is 0 Å². The van der Waals surface area contributed by atoms with Crippen molar-refractivity contribution in [2.45, 2.75) is 6.42 Å². The van der Waals surface area contributed by atoms with Gasteiger partial charge in [-0.05, 0) is 15.7 Å². The molecule has 0 radical (unpaired) electrons. The third-order valence-electron chi connectivity index (χ3n) is 2.25. The maximum absolute atomic E-state index is 5.51. The Hall–Kier alpha value is -1.01. The summed E-state index contributed by atoms with van der Waals surface area (Å²) >= 11 is -0.201. The molecule has 17 heavy (non-hydrogen) atoms. The highest BCUT2D eigenvalue weighted by atomic mass is 127. The quantitative estimate of drug-likeness (QED) is 0.608. The number of halogens is 1. The largest absolute Gasteiger partial charge is 0.466 e. The lowest BCUT2D eigenvalue weighted by atomic mass is 10.1. The van der Waals surface area contributed by atoms with Gasteiger partial charge in [0.1, 0.15) is 5.76 Å². The van der Waals surface area contributed by atoms with Crippen LogP contribution in [0.2, 0.25) is 0 Å². The van der Waals surface area contributed by atoms with Crippen molar-refractivity contribution in [1.29, 1.82) is 0 Å². The van der Waals surface area contributed by atoms with Crippen LogP contribution in [0.5, 0.6) is 0 Å². The summed E-state index contributed by atoms with van der Waals surface area (Å²) in [4.78, 5) is 0. The van der Waals surface area contributed by atoms with E-state index in [1.807, 2.05) is 24.3 Å². The topological polar surface area (TPSA) is 30.8 Å². The Bertz CT molecular complexity index is 452. The van der Waals surface area contributed by atoms with Crippen molar-refractivity contribution >= 4 is 30.7 Å². The van der Waals surface area contributed by atoms with E-state index in [1.54, 1.807) is 7.11 Å². The Morgan fingerprint density at radius 3 is 2.82 bits per heavy atom. The first kappa shape index (κ1) is 12.4. The highest BCUT2D eigenvalue weighted by molar-refractivity contribution is 14.2. The fourth-order valence-electron chi connectivity index (χ4n) is 1.47. The number of benzene rings is 1.